The van der Waals surface area contributed by atoms with Gasteiger partial charge < -0.3 is 9.84 Å². The summed E-state index contributed by atoms with van der Waals surface area (Å²) in [6, 6.07) is -3.76. The number of rotatable bonds is 5. The predicted octanol–water partition coefficient (Wildman–Crippen LogP) is 1.83. The van der Waals surface area contributed by atoms with Gasteiger partial charge in [-0.15, -0.1) is 0 Å². The topological polar surface area (TPSA) is 66.8 Å². The minimum absolute atomic E-state index is 0.0235. The molecule has 0 aromatic heterocycles. The van der Waals surface area contributed by atoms with E-state index in [1.807, 2.05) is 0 Å². The Morgan fingerprint density at radius 1 is 1.42 bits per heavy atom. The molecule has 0 saturated carbocycles. The largest absolute Gasteiger partial charge is 0.474 e. The zero-order valence-corrected chi connectivity index (χ0v) is 9.83. The van der Waals surface area contributed by atoms with Gasteiger partial charge in [0.25, 0.3) is 0 Å². The van der Waals surface area contributed by atoms with E-state index < -0.39 is 80.0 Å². The Labute approximate surface area is 131 Å². The van der Waals surface area contributed by atoms with Crippen molar-refractivity contribution < 1.29 is 37.3 Å². The lowest BCUT2D eigenvalue weighted by atomic mass is 10.0. The van der Waals surface area contributed by atoms with Gasteiger partial charge in [0.05, 0.1) is 9.80 Å². The van der Waals surface area contributed by atoms with E-state index in [0.717, 1.165) is 7.11 Å². The number of carboxylic acids is 1. The maximum atomic E-state index is 12.3. The Hall–Kier alpha value is -1.88. The molecule has 1 rings (SSSR count). The first-order valence-electron chi connectivity index (χ1n) is 11.3. The molecule has 1 amide bonds. The van der Waals surface area contributed by atoms with E-state index >= 15 is 0 Å². The maximum Gasteiger partial charge on any atom is 0.395 e. The molecule has 0 unspecified atom stereocenters. The standard InChI is InChI=1S/C14H19NO4/c1-4-10-7-6-8-11(5-2)12(10)15(9-19-3)13(16)14(17)18/h6-8H,4-5,9H2,1-3H3,(H,17,18)/i1D3,2D3,4D2,5D2,6D,7D,8D. The summed E-state index contributed by atoms with van der Waals surface area (Å²) < 4.78 is 106. The molecule has 0 saturated heterocycles. The van der Waals surface area contributed by atoms with Crippen LogP contribution in [0.5, 0.6) is 0 Å². The van der Waals surface area contributed by atoms with Crippen LogP contribution in [0.15, 0.2) is 18.1 Å². The monoisotopic (exact) mass is 278 g/mol. The van der Waals surface area contributed by atoms with E-state index in [9.17, 15) is 9.59 Å². The zero-order chi connectivity index (χ0) is 25.6. The van der Waals surface area contributed by atoms with Crippen molar-refractivity contribution >= 4 is 17.6 Å². The van der Waals surface area contributed by atoms with Gasteiger partial charge in [-0.3, -0.25) is 9.69 Å². The van der Waals surface area contributed by atoms with Gasteiger partial charge >= 0.3 is 11.9 Å². The second-order valence-electron chi connectivity index (χ2n) is 3.18. The Morgan fingerprint density at radius 2 is 2.00 bits per heavy atom. The molecule has 0 radical (unpaired) electrons. The van der Waals surface area contributed by atoms with Crippen LogP contribution >= 0.6 is 0 Å². The summed E-state index contributed by atoms with van der Waals surface area (Å²) in [5, 5.41) is 9.15. The summed E-state index contributed by atoms with van der Waals surface area (Å²) in [6.07, 6.45) is -7.21. The number of methoxy groups -OCH3 is 1. The van der Waals surface area contributed by atoms with Crippen molar-refractivity contribution in [2.24, 2.45) is 0 Å². The quantitative estimate of drug-likeness (QED) is 0.659. The summed E-state index contributed by atoms with van der Waals surface area (Å²) in [4.78, 5) is 23.7. The first-order valence-corrected chi connectivity index (χ1v) is 4.84. The number of aliphatic carboxylic acids is 1. The molecule has 0 spiro atoms. The van der Waals surface area contributed by atoms with Crippen molar-refractivity contribution in [2.75, 3.05) is 18.7 Å². The molecule has 1 N–H and O–H groups in total. The fourth-order valence-electron chi connectivity index (χ4n) is 1.32. The predicted molar refractivity (Wildman–Crippen MR) is 72.2 cm³/mol. The number of carbonyl (C=O) groups excluding carboxylic acids is 1. The fraction of sp³-hybridized carbons (Fsp3) is 0.429. The number of nitrogens with zero attached hydrogens (tertiary/aromatic N) is 1. The van der Waals surface area contributed by atoms with Crippen molar-refractivity contribution in [3.05, 3.63) is 29.3 Å². The molecular formula is C14H19NO4. The number of carbonyl (C=O) groups is 2. The third-order valence-electron chi connectivity index (χ3n) is 2.05. The first-order chi connectivity index (χ1) is 14.2. The Morgan fingerprint density at radius 3 is 2.42 bits per heavy atom. The molecule has 1 aromatic rings. The number of amides is 1. The number of benzene rings is 1. The number of hydrogen-bond donors (Lipinski definition) is 1. The van der Waals surface area contributed by atoms with E-state index in [0.29, 0.717) is 0 Å². The molecule has 104 valence electrons. The van der Waals surface area contributed by atoms with E-state index in [1.165, 1.54) is 0 Å². The van der Waals surface area contributed by atoms with Gasteiger partial charge in [-0.25, -0.2) is 4.79 Å². The van der Waals surface area contributed by atoms with Crippen LogP contribution in [-0.4, -0.2) is 30.8 Å². The van der Waals surface area contributed by atoms with E-state index in [1.54, 1.807) is 0 Å². The van der Waals surface area contributed by atoms with Crippen LogP contribution in [0.25, 0.3) is 0 Å². The second kappa shape index (κ2) is 6.89. The fourth-order valence-corrected chi connectivity index (χ4v) is 1.32. The summed E-state index contributed by atoms with van der Waals surface area (Å²) >= 11 is 0. The molecule has 0 aliphatic heterocycles. The number of anilines is 1. The highest BCUT2D eigenvalue weighted by atomic mass is 16.5. The van der Waals surface area contributed by atoms with Gasteiger partial charge in [-0.05, 0) is 23.9 Å². The zero-order valence-electron chi connectivity index (χ0n) is 22.8. The van der Waals surface area contributed by atoms with Crippen molar-refractivity contribution in [3.8, 4) is 0 Å². The number of para-hydroxylation sites is 1. The maximum absolute atomic E-state index is 12.3. The molecule has 0 aliphatic carbocycles. The molecule has 0 fully saturated rings. The highest BCUT2D eigenvalue weighted by Gasteiger charge is 2.25. The number of hydrogen-bond acceptors (Lipinski definition) is 3. The summed E-state index contributed by atoms with van der Waals surface area (Å²) in [7, 11) is 0.945. The number of carboxylic acid groups (broad SMARTS) is 1. The normalized spacial score (nSPS) is 23.1. The summed E-state index contributed by atoms with van der Waals surface area (Å²) in [5.74, 6) is -4.09. The van der Waals surface area contributed by atoms with E-state index in [-0.39, 0.29) is 4.90 Å². The van der Waals surface area contributed by atoms with Gasteiger partial charge in [0.15, 0.2) is 0 Å². The SMILES string of the molecule is [2H]c1c([2H])c(C([2H])([2H])C([2H])([2H])[2H])c(N(COC)C(=O)C(=O)O)c(C([2H])([2H])C([2H])([2H])[2H])c1[2H]. The van der Waals surface area contributed by atoms with Gasteiger partial charge in [0.1, 0.15) is 6.73 Å². The Bertz CT molecular complexity index is 870. The summed E-state index contributed by atoms with van der Waals surface area (Å²) in [5.41, 5.74) is -3.99. The first kappa shape index (κ1) is 4.90. The summed E-state index contributed by atoms with van der Waals surface area (Å²) in [6.45, 7) is -8.25. The van der Waals surface area contributed by atoms with Gasteiger partial charge in [0.2, 0.25) is 0 Å². The minimum Gasteiger partial charge on any atom is -0.474 e. The van der Waals surface area contributed by atoms with Crippen LogP contribution in [0.1, 0.15) is 42.7 Å². The molecular weight excluding hydrogens is 246 g/mol. The van der Waals surface area contributed by atoms with Gasteiger partial charge in [-0.1, -0.05) is 31.8 Å². The molecule has 0 heterocycles. The Kier molecular flexibility index (Phi) is 1.78. The molecule has 5 heteroatoms. The third-order valence-corrected chi connectivity index (χ3v) is 2.05. The molecule has 0 bridgehead atoms. The third kappa shape index (κ3) is 3.32. The van der Waals surface area contributed by atoms with Crippen LogP contribution in [-0.2, 0) is 27.1 Å². The average molecular weight is 278 g/mol. The van der Waals surface area contributed by atoms with Gasteiger partial charge in [-0.2, -0.15) is 0 Å². The van der Waals surface area contributed by atoms with Crippen LogP contribution < -0.4 is 4.90 Å². The Balaban J connectivity index is 4.49. The molecule has 5 nitrogen and oxygen atoms in total. The lowest BCUT2D eigenvalue weighted by Gasteiger charge is -2.25. The van der Waals surface area contributed by atoms with Crippen LogP contribution in [0.4, 0.5) is 5.69 Å². The van der Waals surface area contributed by atoms with Crippen molar-refractivity contribution in [1.29, 1.82) is 0 Å². The highest BCUT2D eigenvalue weighted by molar-refractivity contribution is 6.37. The van der Waals surface area contributed by atoms with Crippen molar-refractivity contribution in [3.63, 3.8) is 0 Å². The minimum atomic E-state index is -3.60. The van der Waals surface area contributed by atoms with E-state index in [4.69, 9.17) is 27.7 Å². The lowest BCUT2D eigenvalue weighted by Crippen LogP contribution is -2.39. The molecule has 0 aliphatic rings. The van der Waals surface area contributed by atoms with Gasteiger partial charge in [0, 0.05) is 20.8 Å². The van der Waals surface area contributed by atoms with Crippen LogP contribution in [0.2, 0.25) is 0 Å². The number of ether oxygens (including phenoxy) is 1. The van der Waals surface area contributed by atoms with Crippen LogP contribution in [0, 0.1) is 0 Å². The average Bonchev–Trinajstić information content (AvgIpc) is 2.60. The molecule has 1 aromatic carbocycles. The highest BCUT2D eigenvalue weighted by Crippen LogP contribution is 2.27. The molecule has 0 atom stereocenters. The van der Waals surface area contributed by atoms with Crippen LogP contribution in [0.3, 0.4) is 0 Å². The van der Waals surface area contributed by atoms with E-state index in [2.05, 4.69) is 0 Å². The van der Waals surface area contributed by atoms with Crippen molar-refractivity contribution in [1.82, 2.24) is 0 Å². The lowest BCUT2D eigenvalue weighted by molar-refractivity contribution is -0.149. The smallest absolute Gasteiger partial charge is 0.395 e. The molecule has 19 heavy (non-hydrogen) atoms. The van der Waals surface area contributed by atoms with Crippen molar-refractivity contribution in [2.45, 2.75) is 26.4 Å². The second-order valence-corrected chi connectivity index (χ2v) is 3.18.